The number of rotatable bonds is 7. The van der Waals surface area contributed by atoms with Crippen molar-refractivity contribution in [3.63, 3.8) is 0 Å². The Morgan fingerprint density at radius 2 is 1.15 bits per heavy atom. The number of aryl methyl sites for hydroxylation is 5. The topological polar surface area (TPSA) is 167 Å². The van der Waals surface area contributed by atoms with E-state index >= 15 is 0 Å². The number of nitrogens with zero attached hydrogens (tertiary/aromatic N) is 9. The van der Waals surface area contributed by atoms with Gasteiger partial charge in [0.2, 0.25) is 5.91 Å². The van der Waals surface area contributed by atoms with E-state index in [-0.39, 0.29) is 37.1 Å². The van der Waals surface area contributed by atoms with Crippen LogP contribution in [0.3, 0.4) is 0 Å². The Kier molecular flexibility index (Phi) is 17.9. The average Bonchev–Trinajstić information content (AvgIpc) is 3.87. The van der Waals surface area contributed by atoms with Gasteiger partial charge >= 0.3 is 18.2 Å². The van der Waals surface area contributed by atoms with Crippen LogP contribution in [-0.2, 0) is 51.3 Å². The lowest BCUT2D eigenvalue weighted by atomic mass is 9.94. The van der Waals surface area contributed by atoms with Crippen LogP contribution in [0.15, 0.2) is 88.6 Å². The molecule has 5 unspecified atom stereocenters. The lowest BCUT2D eigenvalue weighted by molar-refractivity contribution is -0.146. The zero-order chi connectivity index (χ0) is 55.6. The summed E-state index contributed by atoms with van der Waals surface area (Å²) in [5.74, 6) is -1.06. The Morgan fingerprint density at radius 3 is 1.64 bits per heavy atom. The molecule has 416 valence electrons. The molecule has 0 radical (unpaired) electrons. The number of carboxylic acids is 1. The number of carboxylic acid groups (broad SMARTS) is 1. The van der Waals surface area contributed by atoms with E-state index in [1.807, 2.05) is 68.7 Å². The number of likely N-dealkylation sites (tertiary alicyclic amines) is 1. The van der Waals surface area contributed by atoms with Crippen molar-refractivity contribution >= 4 is 79.1 Å². The number of benzene rings is 2. The first kappa shape index (κ1) is 57.6. The fraction of sp³-hybridized carbons (Fsp3) is 0.500. The molecule has 3 aromatic heterocycles. The molecular weight excluding hydrogens is 1170 g/mol. The third-order valence-electron chi connectivity index (χ3n) is 15.2. The summed E-state index contributed by atoms with van der Waals surface area (Å²) in [5, 5.41) is 11.4. The standard InChI is InChI=1S/C34H42BrClN6O3.C24H27BrClN3O4/c1-34(2,3)45-33(44)42-17-16-40(21-29(42)32(43)41-13-5-4-6-27(41)11-14-39-15-12-37-22-39)31-28-10-9-26(36)19-23(28)7-8-24-18-25(35)20-38-30(24)31;1-24(2,3)33-23(32)29-9-8-28(13-19(29)22(30)31)21-18-7-6-17(26)11-14(18)4-5-15-10-16(25)12-27-20(15)21/h9-10,12,15,18-20,22,27,29,31H,4-8,11,13-14,16-17,21H2,1-3H3;6-7,10-12,19,21H,4-5,8-9,13H2,1-3H3,(H,30,31). The van der Waals surface area contributed by atoms with Crippen molar-refractivity contribution < 1.29 is 33.8 Å². The van der Waals surface area contributed by atoms with Gasteiger partial charge in [-0.3, -0.25) is 34.4 Å². The van der Waals surface area contributed by atoms with Crippen molar-refractivity contribution in [2.75, 3.05) is 45.8 Å². The van der Waals surface area contributed by atoms with Crippen molar-refractivity contribution in [3.05, 3.63) is 143 Å². The molecule has 5 atom stereocenters. The number of fused-ring (bicyclic) bond motifs is 4. The molecule has 3 amide bonds. The molecule has 1 N–H and O–H groups in total. The molecule has 0 bridgehead atoms. The molecule has 3 aliphatic heterocycles. The molecule has 6 heterocycles. The molecule has 10 rings (SSSR count). The van der Waals surface area contributed by atoms with Gasteiger partial charge < -0.3 is 24.0 Å². The van der Waals surface area contributed by atoms with E-state index < -0.39 is 41.4 Å². The number of piperazine rings is 2. The third-order valence-corrected chi connectivity index (χ3v) is 16.5. The van der Waals surface area contributed by atoms with E-state index in [2.05, 4.69) is 75.5 Å². The van der Waals surface area contributed by atoms with E-state index in [0.29, 0.717) is 42.8 Å². The summed E-state index contributed by atoms with van der Waals surface area (Å²) in [7, 11) is 0. The first-order chi connectivity index (χ1) is 37.1. The first-order valence-electron chi connectivity index (χ1n) is 26.9. The number of carbonyl (C=O) groups excluding carboxylic acids is 3. The molecule has 0 saturated carbocycles. The molecule has 2 aliphatic carbocycles. The van der Waals surface area contributed by atoms with Gasteiger partial charge in [-0.1, -0.05) is 35.3 Å². The van der Waals surface area contributed by atoms with Gasteiger partial charge in [0.1, 0.15) is 23.3 Å². The maximum absolute atomic E-state index is 14.7. The molecule has 16 nitrogen and oxygen atoms in total. The summed E-state index contributed by atoms with van der Waals surface area (Å²) in [4.78, 5) is 76.6. The zero-order valence-corrected chi connectivity index (χ0v) is 49.8. The monoisotopic (exact) mass is 1230 g/mol. The fourth-order valence-electron chi connectivity index (χ4n) is 11.6. The van der Waals surface area contributed by atoms with Gasteiger partial charge in [0, 0.05) is 102 Å². The summed E-state index contributed by atoms with van der Waals surface area (Å²) in [6.07, 6.45) is 15.3. The highest BCUT2D eigenvalue weighted by molar-refractivity contribution is 9.10. The van der Waals surface area contributed by atoms with Gasteiger partial charge in [0.15, 0.2) is 0 Å². The number of pyridine rings is 2. The molecule has 2 aromatic carbocycles. The molecule has 0 spiro atoms. The van der Waals surface area contributed by atoms with Crippen LogP contribution in [0.2, 0.25) is 10.0 Å². The summed E-state index contributed by atoms with van der Waals surface area (Å²) >= 11 is 19.9. The minimum Gasteiger partial charge on any atom is -0.480 e. The highest BCUT2D eigenvalue weighted by Crippen LogP contribution is 2.41. The van der Waals surface area contributed by atoms with Crippen LogP contribution < -0.4 is 0 Å². The number of piperidine rings is 1. The van der Waals surface area contributed by atoms with E-state index in [9.17, 15) is 24.3 Å². The normalized spacial score (nSPS) is 21.8. The number of ether oxygens (including phenoxy) is 2. The van der Waals surface area contributed by atoms with Gasteiger partial charge in [0.25, 0.3) is 0 Å². The summed E-state index contributed by atoms with van der Waals surface area (Å²) < 4.78 is 15.2. The Bertz CT molecular complexity index is 2900. The third kappa shape index (κ3) is 13.5. The molecule has 5 aromatic rings. The number of hydrogen-bond acceptors (Lipinski definition) is 11. The Hall–Kier alpha value is -5.11. The number of imidazole rings is 1. The molecule has 3 fully saturated rings. The summed E-state index contributed by atoms with van der Waals surface area (Å²) in [6.45, 7) is 14.6. The maximum Gasteiger partial charge on any atom is 0.411 e. The lowest BCUT2D eigenvalue weighted by Gasteiger charge is -2.46. The summed E-state index contributed by atoms with van der Waals surface area (Å²) in [6, 6.07) is 14.2. The second kappa shape index (κ2) is 24.3. The van der Waals surface area contributed by atoms with Gasteiger partial charge in [-0.15, -0.1) is 0 Å². The van der Waals surface area contributed by atoms with Gasteiger partial charge in [-0.05, 0) is 195 Å². The number of aromatic nitrogens is 4. The fourth-order valence-corrected chi connectivity index (χ4v) is 12.8. The highest BCUT2D eigenvalue weighted by atomic mass is 79.9. The maximum atomic E-state index is 14.7. The van der Waals surface area contributed by atoms with Gasteiger partial charge in [0.05, 0.1) is 29.8 Å². The Labute approximate surface area is 484 Å². The summed E-state index contributed by atoms with van der Waals surface area (Å²) in [5.41, 5.74) is 7.37. The quantitative estimate of drug-likeness (QED) is 0.164. The van der Waals surface area contributed by atoms with E-state index in [1.54, 1.807) is 38.1 Å². The molecular formula is C58H69Br2Cl2N9O7. The minimum atomic E-state index is -1.06. The first-order valence-corrected chi connectivity index (χ1v) is 29.3. The van der Waals surface area contributed by atoms with Crippen LogP contribution >= 0.6 is 55.1 Å². The van der Waals surface area contributed by atoms with Crippen LogP contribution in [0.4, 0.5) is 9.59 Å². The number of hydrogen-bond donors (Lipinski definition) is 1. The highest BCUT2D eigenvalue weighted by Gasteiger charge is 2.45. The van der Waals surface area contributed by atoms with Crippen LogP contribution in [-0.4, -0.2) is 148 Å². The van der Waals surface area contributed by atoms with E-state index in [4.69, 9.17) is 42.6 Å². The Morgan fingerprint density at radius 1 is 0.654 bits per heavy atom. The second-order valence-corrected chi connectivity index (χ2v) is 25.6. The minimum absolute atomic E-state index is 0.00479. The van der Waals surface area contributed by atoms with Gasteiger partial charge in [-0.2, -0.15) is 0 Å². The van der Waals surface area contributed by atoms with E-state index in [0.717, 1.165) is 100 Å². The SMILES string of the molecule is CC(C)(C)OC(=O)N1CCN(C2c3ccc(Cl)cc3CCc3cc(Br)cnc32)CC1C(=O)N1CCCCC1CCn1ccnc1.CC(C)(C)OC(=O)N1CCN(C2c3ccc(Cl)cc3CCc3cc(Br)cnc32)CC1C(=O)O. The van der Waals surface area contributed by atoms with Crippen molar-refractivity contribution in [1.82, 2.24) is 44.0 Å². The number of amides is 3. The predicted molar refractivity (Wildman–Crippen MR) is 306 cm³/mol. The number of aliphatic carboxylic acids is 1. The number of halogens is 4. The second-order valence-electron chi connectivity index (χ2n) is 22.9. The van der Waals surface area contributed by atoms with Crippen LogP contribution in [0.1, 0.15) is 124 Å². The van der Waals surface area contributed by atoms with Crippen molar-refractivity contribution in [1.29, 1.82) is 0 Å². The molecule has 3 saturated heterocycles. The molecule has 78 heavy (non-hydrogen) atoms. The van der Waals surface area contributed by atoms with Crippen LogP contribution in [0, 0.1) is 0 Å². The van der Waals surface area contributed by atoms with E-state index in [1.165, 1.54) is 16.0 Å². The average molecular weight is 1230 g/mol. The van der Waals surface area contributed by atoms with Crippen molar-refractivity contribution in [3.8, 4) is 0 Å². The lowest BCUT2D eigenvalue weighted by Crippen LogP contribution is -2.63. The largest absolute Gasteiger partial charge is 0.480 e. The van der Waals surface area contributed by atoms with Crippen molar-refractivity contribution in [2.45, 2.75) is 141 Å². The van der Waals surface area contributed by atoms with Crippen molar-refractivity contribution in [2.24, 2.45) is 0 Å². The predicted octanol–water partition coefficient (Wildman–Crippen LogP) is 11.0. The zero-order valence-electron chi connectivity index (χ0n) is 45.1. The molecule has 5 aliphatic rings. The van der Waals surface area contributed by atoms with Crippen LogP contribution in [0.5, 0.6) is 0 Å². The smallest absolute Gasteiger partial charge is 0.411 e. The van der Waals surface area contributed by atoms with Gasteiger partial charge in [-0.25, -0.2) is 19.4 Å². The van der Waals surface area contributed by atoms with Crippen LogP contribution in [0.25, 0.3) is 0 Å². The molecule has 20 heteroatoms. The number of carbonyl (C=O) groups is 4. The Balaban J connectivity index is 0.000000199.